The maximum Gasteiger partial charge on any atom is 0.250 e. The van der Waals surface area contributed by atoms with E-state index in [4.69, 9.17) is 0 Å². The summed E-state index contributed by atoms with van der Waals surface area (Å²) in [6, 6.07) is 6.07. The number of amides is 1. The van der Waals surface area contributed by atoms with E-state index in [1.807, 2.05) is 34.6 Å². The van der Waals surface area contributed by atoms with E-state index < -0.39 is 0 Å². The van der Waals surface area contributed by atoms with Crippen molar-refractivity contribution < 1.29 is 14.3 Å². The molecule has 1 aromatic carbocycles. The van der Waals surface area contributed by atoms with Gasteiger partial charge >= 0.3 is 0 Å². The van der Waals surface area contributed by atoms with Crippen LogP contribution in [0.15, 0.2) is 36.1 Å². The number of benzene rings is 1. The number of carbonyl (C=O) groups excluding carboxylic acids is 1. The number of carbonyl (C=O) groups is 1. The summed E-state index contributed by atoms with van der Waals surface area (Å²) in [5.74, 6) is -0.355. The Bertz CT molecular complexity index is 529. The smallest absolute Gasteiger partial charge is 0.250 e. The minimum atomic E-state index is -0.288. The summed E-state index contributed by atoms with van der Waals surface area (Å²) in [4.78, 5) is 13.9. The molecule has 2 rings (SSSR count). The Morgan fingerprint density at radius 2 is 1.77 bits per heavy atom. The fourth-order valence-corrected chi connectivity index (χ4v) is 2.49. The zero-order valence-electron chi connectivity index (χ0n) is 14.1. The van der Waals surface area contributed by atoms with Gasteiger partial charge in [0.25, 0.3) is 5.91 Å². The van der Waals surface area contributed by atoms with Crippen molar-refractivity contribution in [1.82, 2.24) is 4.90 Å². The second kappa shape index (κ2) is 7.43. The van der Waals surface area contributed by atoms with Crippen LogP contribution in [0.2, 0.25) is 0 Å². The number of halogens is 1. The van der Waals surface area contributed by atoms with Gasteiger partial charge < -0.3 is 10.0 Å². The predicted octanol–water partition coefficient (Wildman–Crippen LogP) is 4.44. The maximum absolute atomic E-state index is 12.9. The van der Waals surface area contributed by atoms with Crippen molar-refractivity contribution in [2.75, 3.05) is 0 Å². The summed E-state index contributed by atoms with van der Waals surface area (Å²) in [7, 11) is 0. The van der Waals surface area contributed by atoms with Gasteiger partial charge in [-0.3, -0.25) is 4.79 Å². The first-order valence-electron chi connectivity index (χ1n) is 7.72. The van der Waals surface area contributed by atoms with Crippen molar-refractivity contribution in [3.63, 3.8) is 0 Å². The van der Waals surface area contributed by atoms with E-state index in [0.29, 0.717) is 13.0 Å². The monoisotopic (exact) mass is 307 g/mol. The molecule has 122 valence electrons. The molecule has 3 nitrogen and oxygen atoms in total. The second-order valence-electron chi connectivity index (χ2n) is 6.31. The molecule has 1 heterocycles. The van der Waals surface area contributed by atoms with Crippen LogP contribution in [0.3, 0.4) is 0 Å². The highest BCUT2D eigenvalue weighted by atomic mass is 19.1. The topological polar surface area (TPSA) is 40.5 Å². The van der Waals surface area contributed by atoms with Crippen LogP contribution in [-0.2, 0) is 11.3 Å². The highest BCUT2D eigenvalue weighted by Gasteiger charge is 2.36. The van der Waals surface area contributed by atoms with Gasteiger partial charge in [-0.25, -0.2) is 4.39 Å². The van der Waals surface area contributed by atoms with E-state index in [1.54, 1.807) is 17.0 Å². The molecule has 0 saturated heterocycles. The van der Waals surface area contributed by atoms with Crippen LogP contribution in [0.25, 0.3) is 0 Å². The molecule has 1 atom stereocenters. The van der Waals surface area contributed by atoms with Crippen LogP contribution < -0.4 is 0 Å². The number of rotatable bonds is 2. The molecule has 22 heavy (non-hydrogen) atoms. The summed E-state index contributed by atoms with van der Waals surface area (Å²) in [6.07, 6.45) is 1.72. The maximum atomic E-state index is 12.9. The van der Waals surface area contributed by atoms with E-state index in [1.165, 1.54) is 18.2 Å². The van der Waals surface area contributed by atoms with Gasteiger partial charge in [0.05, 0.1) is 5.76 Å². The molecule has 1 aliphatic rings. The average molecular weight is 307 g/mol. The van der Waals surface area contributed by atoms with Gasteiger partial charge in [0, 0.05) is 25.1 Å². The SMILES string of the molecule is CC.CC(C)(C)[C@H]1CC(O)=CC(=O)N1Cc1ccc(F)cc1. The number of hydrogen-bond acceptors (Lipinski definition) is 2. The molecule has 0 aliphatic carbocycles. The molecule has 1 amide bonds. The van der Waals surface area contributed by atoms with E-state index in [0.717, 1.165) is 5.56 Å². The van der Waals surface area contributed by atoms with Crippen molar-refractivity contribution >= 4 is 5.91 Å². The van der Waals surface area contributed by atoms with Crippen molar-refractivity contribution in [2.24, 2.45) is 5.41 Å². The molecule has 0 bridgehead atoms. The number of nitrogens with zero attached hydrogens (tertiary/aromatic N) is 1. The zero-order chi connectivity index (χ0) is 16.9. The van der Waals surface area contributed by atoms with E-state index in [2.05, 4.69) is 0 Å². The van der Waals surface area contributed by atoms with Gasteiger partial charge in [0.2, 0.25) is 0 Å². The zero-order valence-corrected chi connectivity index (χ0v) is 14.1. The van der Waals surface area contributed by atoms with Gasteiger partial charge in [0.1, 0.15) is 5.82 Å². The van der Waals surface area contributed by atoms with Crippen molar-refractivity contribution in [3.8, 4) is 0 Å². The van der Waals surface area contributed by atoms with Crippen LogP contribution in [0.5, 0.6) is 0 Å². The third kappa shape index (κ3) is 4.58. The van der Waals surface area contributed by atoms with Crippen molar-refractivity contribution in [3.05, 3.63) is 47.5 Å². The van der Waals surface area contributed by atoms with Crippen LogP contribution in [0.4, 0.5) is 4.39 Å². The molecule has 1 aromatic rings. The van der Waals surface area contributed by atoms with E-state index in [9.17, 15) is 14.3 Å². The molecule has 0 fully saturated rings. The predicted molar refractivity (Wildman–Crippen MR) is 86.9 cm³/mol. The van der Waals surface area contributed by atoms with Crippen molar-refractivity contribution in [1.29, 1.82) is 0 Å². The van der Waals surface area contributed by atoms with Crippen molar-refractivity contribution in [2.45, 2.75) is 53.6 Å². The van der Waals surface area contributed by atoms with E-state index in [-0.39, 0.29) is 28.9 Å². The number of aliphatic hydroxyl groups is 1. The van der Waals surface area contributed by atoms with Gasteiger partial charge in [-0.2, -0.15) is 0 Å². The average Bonchev–Trinajstić information content (AvgIpc) is 2.45. The Balaban J connectivity index is 0.00000116. The fourth-order valence-electron chi connectivity index (χ4n) is 2.49. The minimum Gasteiger partial charge on any atom is -0.512 e. The van der Waals surface area contributed by atoms with Gasteiger partial charge in [-0.15, -0.1) is 0 Å². The lowest BCUT2D eigenvalue weighted by molar-refractivity contribution is -0.133. The molecule has 1 aliphatic heterocycles. The molecule has 4 heteroatoms. The van der Waals surface area contributed by atoms with Crippen LogP contribution in [0, 0.1) is 11.2 Å². The standard InChI is InChI=1S/C16H20FNO2.C2H6/c1-16(2,3)14-8-13(19)9-15(20)18(14)10-11-4-6-12(17)7-5-11;1-2/h4-7,9,14,19H,8,10H2,1-3H3;1-2H3/t14-;/m1./s1. The fraction of sp³-hybridized carbons (Fsp3) is 0.500. The quantitative estimate of drug-likeness (QED) is 0.877. The summed E-state index contributed by atoms with van der Waals surface area (Å²) >= 11 is 0. The lowest BCUT2D eigenvalue weighted by atomic mass is 9.81. The summed E-state index contributed by atoms with van der Waals surface area (Å²) in [6.45, 7) is 10.6. The minimum absolute atomic E-state index is 0.0787. The first-order chi connectivity index (χ1) is 10.3. The normalized spacial score (nSPS) is 18.5. The first kappa shape index (κ1) is 18.2. The molecular weight excluding hydrogens is 281 g/mol. The molecule has 0 spiro atoms. The van der Waals surface area contributed by atoms with Crippen LogP contribution in [0.1, 0.15) is 46.6 Å². The highest BCUT2D eigenvalue weighted by molar-refractivity contribution is 5.89. The molecule has 0 radical (unpaired) electrons. The number of hydrogen-bond donors (Lipinski definition) is 1. The Morgan fingerprint density at radius 1 is 1.23 bits per heavy atom. The highest BCUT2D eigenvalue weighted by Crippen LogP contribution is 2.33. The third-order valence-electron chi connectivity index (χ3n) is 3.62. The van der Waals surface area contributed by atoms with Crippen LogP contribution >= 0.6 is 0 Å². The second-order valence-corrected chi connectivity index (χ2v) is 6.31. The Hall–Kier alpha value is -1.84. The molecule has 0 aromatic heterocycles. The number of aliphatic hydroxyl groups excluding tert-OH is 1. The summed E-state index contributed by atoms with van der Waals surface area (Å²) < 4.78 is 12.9. The third-order valence-corrected chi connectivity index (χ3v) is 3.62. The largest absolute Gasteiger partial charge is 0.512 e. The molecule has 1 N–H and O–H groups in total. The Labute approximate surface area is 132 Å². The van der Waals surface area contributed by atoms with Gasteiger partial charge in [0.15, 0.2) is 0 Å². The first-order valence-corrected chi connectivity index (χ1v) is 7.72. The van der Waals surface area contributed by atoms with Gasteiger partial charge in [-0.1, -0.05) is 46.8 Å². The lowest BCUT2D eigenvalue weighted by Crippen LogP contribution is -2.48. The molecular formula is C18H26FNO2. The summed E-state index contributed by atoms with van der Waals surface area (Å²) in [5, 5.41) is 9.70. The summed E-state index contributed by atoms with van der Waals surface area (Å²) in [5.41, 5.74) is 0.738. The van der Waals surface area contributed by atoms with Crippen LogP contribution in [-0.4, -0.2) is 22.0 Å². The Kier molecular flexibility index (Phi) is 6.15. The van der Waals surface area contributed by atoms with E-state index >= 15 is 0 Å². The van der Waals surface area contributed by atoms with Gasteiger partial charge in [-0.05, 0) is 23.1 Å². The molecule has 0 unspecified atom stereocenters. The lowest BCUT2D eigenvalue weighted by Gasteiger charge is -2.42. The Morgan fingerprint density at radius 3 is 2.27 bits per heavy atom. The molecule has 0 saturated carbocycles.